The van der Waals surface area contributed by atoms with Gasteiger partial charge in [-0.05, 0) is 24.6 Å². The molecule has 1 atom stereocenters. The lowest BCUT2D eigenvalue weighted by atomic mass is 10.1. The van der Waals surface area contributed by atoms with E-state index in [1.165, 1.54) is 16.8 Å². The Morgan fingerprint density at radius 2 is 2.35 bits per heavy atom. The van der Waals surface area contributed by atoms with Gasteiger partial charge in [-0.1, -0.05) is 17.3 Å². The average molecular weight is 277 g/mol. The summed E-state index contributed by atoms with van der Waals surface area (Å²) in [4.78, 5) is 11.9. The highest BCUT2D eigenvalue weighted by Gasteiger charge is 2.11. The molecule has 2 aromatic rings. The topological polar surface area (TPSA) is 85.8 Å². The van der Waals surface area contributed by atoms with E-state index in [1.807, 2.05) is 0 Å². The van der Waals surface area contributed by atoms with Crippen LogP contribution in [0.1, 0.15) is 24.2 Å². The second kappa shape index (κ2) is 6.25. The van der Waals surface area contributed by atoms with E-state index in [1.54, 1.807) is 25.3 Å². The first kappa shape index (κ1) is 14.1. The smallest absolute Gasteiger partial charge is 0.242 e. The second-order valence-corrected chi connectivity index (χ2v) is 4.46. The van der Waals surface area contributed by atoms with Crippen molar-refractivity contribution < 1.29 is 9.18 Å². The largest absolute Gasteiger partial charge is 0.348 e. The average Bonchev–Trinajstić information content (AvgIpc) is 2.86. The van der Waals surface area contributed by atoms with Gasteiger partial charge in [0.15, 0.2) is 0 Å². The minimum atomic E-state index is -0.326. The van der Waals surface area contributed by atoms with E-state index in [2.05, 4.69) is 15.6 Å². The maximum atomic E-state index is 13.1. The Kier molecular flexibility index (Phi) is 4.41. The van der Waals surface area contributed by atoms with Gasteiger partial charge in [-0.2, -0.15) is 0 Å². The van der Waals surface area contributed by atoms with Crippen LogP contribution < -0.4 is 11.1 Å². The number of carbonyl (C=O) groups excluding carboxylic acids is 1. The molecule has 0 bridgehead atoms. The van der Waals surface area contributed by atoms with Crippen molar-refractivity contribution in [3.05, 3.63) is 47.5 Å². The quantitative estimate of drug-likeness (QED) is 0.844. The summed E-state index contributed by atoms with van der Waals surface area (Å²) in [5, 5.41) is 10.4. The third-order valence-electron chi connectivity index (χ3n) is 2.83. The van der Waals surface area contributed by atoms with Crippen LogP contribution in [0.25, 0.3) is 0 Å². The fourth-order valence-corrected chi connectivity index (χ4v) is 1.80. The third kappa shape index (κ3) is 3.61. The molecule has 0 aliphatic rings. The maximum Gasteiger partial charge on any atom is 0.242 e. The zero-order valence-electron chi connectivity index (χ0n) is 11.1. The Morgan fingerprint density at radius 1 is 1.55 bits per heavy atom. The molecule has 0 spiro atoms. The summed E-state index contributed by atoms with van der Waals surface area (Å²) < 4.78 is 14.5. The van der Waals surface area contributed by atoms with E-state index >= 15 is 0 Å². The van der Waals surface area contributed by atoms with Crippen molar-refractivity contribution in [3.63, 3.8) is 0 Å². The number of benzene rings is 1. The molecule has 106 valence electrons. The van der Waals surface area contributed by atoms with Crippen LogP contribution in [0.5, 0.6) is 0 Å². The van der Waals surface area contributed by atoms with E-state index in [4.69, 9.17) is 5.73 Å². The first-order valence-electron chi connectivity index (χ1n) is 6.22. The number of aromatic nitrogens is 3. The van der Waals surface area contributed by atoms with Crippen LogP contribution in [0.3, 0.4) is 0 Å². The molecule has 6 nitrogen and oxygen atoms in total. The summed E-state index contributed by atoms with van der Waals surface area (Å²) in [5.41, 5.74) is 6.74. The molecule has 0 aliphatic heterocycles. The predicted octanol–water partition coefficient (Wildman–Crippen LogP) is 0.753. The number of nitrogens with two attached hydrogens (primary N) is 1. The van der Waals surface area contributed by atoms with E-state index in [0.717, 1.165) is 0 Å². The van der Waals surface area contributed by atoms with E-state index < -0.39 is 0 Å². The van der Waals surface area contributed by atoms with Gasteiger partial charge < -0.3 is 11.1 Å². The van der Waals surface area contributed by atoms with Crippen molar-refractivity contribution in [2.24, 2.45) is 5.73 Å². The van der Waals surface area contributed by atoms with Crippen molar-refractivity contribution in [2.75, 3.05) is 0 Å². The summed E-state index contributed by atoms with van der Waals surface area (Å²) in [6, 6.07) is 5.85. The zero-order chi connectivity index (χ0) is 14.5. The number of hydrogen-bond acceptors (Lipinski definition) is 4. The fourth-order valence-electron chi connectivity index (χ4n) is 1.80. The number of nitrogens with one attached hydrogen (secondary N) is 1. The summed E-state index contributed by atoms with van der Waals surface area (Å²) >= 11 is 0. The molecule has 0 radical (unpaired) electrons. The van der Waals surface area contributed by atoms with Crippen molar-refractivity contribution in [1.82, 2.24) is 20.3 Å². The molecule has 20 heavy (non-hydrogen) atoms. The molecule has 3 N–H and O–H groups in total. The van der Waals surface area contributed by atoms with Crippen LogP contribution in [0, 0.1) is 5.82 Å². The molecule has 7 heteroatoms. The van der Waals surface area contributed by atoms with Crippen molar-refractivity contribution in [1.29, 1.82) is 0 Å². The summed E-state index contributed by atoms with van der Waals surface area (Å²) in [6.45, 7) is 2.12. The van der Waals surface area contributed by atoms with Gasteiger partial charge in [-0.15, -0.1) is 5.10 Å². The summed E-state index contributed by atoms with van der Waals surface area (Å²) in [5.74, 6) is -0.553. The number of amides is 1. The molecule has 0 saturated carbocycles. The highest BCUT2D eigenvalue weighted by Crippen LogP contribution is 2.13. The Labute approximate surface area is 115 Å². The van der Waals surface area contributed by atoms with E-state index in [0.29, 0.717) is 11.3 Å². The van der Waals surface area contributed by atoms with Gasteiger partial charge >= 0.3 is 0 Å². The Balaban J connectivity index is 1.94. The Bertz CT molecular complexity index is 598. The lowest BCUT2D eigenvalue weighted by molar-refractivity contribution is -0.122. The van der Waals surface area contributed by atoms with E-state index in [-0.39, 0.29) is 30.9 Å². The van der Waals surface area contributed by atoms with E-state index in [9.17, 15) is 9.18 Å². The molecule has 1 aromatic heterocycles. The predicted molar refractivity (Wildman–Crippen MR) is 70.9 cm³/mol. The standard InChI is InChI=1S/C13H16FN5O/c1-9(10-3-2-4-11(14)5-10)16-13(20)8-19-7-12(6-15)17-18-19/h2-5,7,9H,6,8,15H2,1H3,(H,16,20)/t9-/m1/s1. The molecule has 0 saturated heterocycles. The van der Waals surface area contributed by atoms with Gasteiger partial charge in [0.1, 0.15) is 12.4 Å². The van der Waals surface area contributed by atoms with Crippen LogP contribution in [0.4, 0.5) is 4.39 Å². The highest BCUT2D eigenvalue weighted by atomic mass is 19.1. The third-order valence-corrected chi connectivity index (χ3v) is 2.83. The van der Waals surface area contributed by atoms with Crippen LogP contribution in [-0.4, -0.2) is 20.9 Å². The first-order chi connectivity index (χ1) is 9.58. The lowest BCUT2D eigenvalue weighted by Gasteiger charge is -2.14. The molecule has 0 unspecified atom stereocenters. The molecule has 1 amide bonds. The molecular formula is C13H16FN5O. The summed E-state index contributed by atoms with van der Waals surface area (Å²) in [7, 11) is 0. The van der Waals surface area contributed by atoms with Gasteiger partial charge in [0.2, 0.25) is 5.91 Å². The minimum Gasteiger partial charge on any atom is -0.348 e. The number of rotatable bonds is 5. The Morgan fingerprint density at radius 3 is 3.00 bits per heavy atom. The number of nitrogens with zero attached hydrogens (tertiary/aromatic N) is 3. The van der Waals surface area contributed by atoms with Gasteiger partial charge in [-0.3, -0.25) is 4.79 Å². The van der Waals surface area contributed by atoms with Crippen molar-refractivity contribution in [3.8, 4) is 0 Å². The number of halogens is 1. The number of hydrogen-bond donors (Lipinski definition) is 2. The molecule has 0 fully saturated rings. The molecule has 2 rings (SSSR count). The monoisotopic (exact) mass is 277 g/mol. The Hall–Kier alpha value is -2.28. The van der Waals surface area contributed by atoms with Crippen LogP contribution >= 0.6 is 0 Å². The van der Waals surface area contributed by atoms with Crippen LogP contribution in [0.15, 0.2) is 30.5 Å². The highest BCUT2D eigenvalue weighted by molar-refractivity contribution is 5.76. The molecule has 1 heterocycles. The van der Waals surface area contributed by atoms with Gasteiger partial charge in [0.25, 0.3) is 0 Å². The molecular weight excluding hydrogens is 261 g/mol. The molecule has 1 aromatic carbocycles. The maximum absolute atomic E-state index is 13.1. The van der Waals surface area contributed by atoms with Crippen LogP contribution in [0.2, 0.25) is 0 Å². The van der Waals surface area contributed by atoms with Gasteiger partial charge in [0.05, 0.1) is 17.9 Å². The lowest BCUT2D eigenvalue weighted by Crippen LogP contribution is -2.30. The summed E-state index contributed by atoms with van der Waals surface area (Å²) in [6.07, 6.45) is 1.62. The molecule has 0 aliphatic carbocycles. The van der Waals surface area contributed by atoms with Crippen molar-refractivity contribution >= 4 is 5.91 Å². The second-order valence-electron chi connectivity index (χ2n) is 4.46. The minimum absolute atomic E-state index is 0.0483. The normalized spacial score (nSPS) is 12.2. The zero-order valence-corrected chi connectivity index (χ0v) is 11.1. The van der Waals surface area contributed by atoms with Gasteiger partial charge in [0, 0.05) is 6.54 Å². The fraction of sp³-hybridized carbons (Fsp3) is 0.308. The van der Waals surface area contributed by atoms with Crippen LogP contribution in [-0.2, 0) is 17.9 Å². The van der Waals surface area contributed by atoms with Crippen molar-refractivity contribution in [2.45, 2.75) is 26.1 Å². The first-order valence-corrected chi connectivity index (χ1v) is 6.22. The number of carbonyl (C=O) groups is 1. The van der Waals surface area contributed by atoms with Gasteiger partial charge in [-0.25, -0.2) is 9.07 Å². The SMILES string of the molecule is C[C@@H](NC(=O)Cn1cc(CN)nn1)c1cccc(F)c1.